The Morgan fingerprint density at radius 1 is 1.29 bits per heavy atom. The third-order valence-corrected chi connectivity index (χ3v) is 3.24. The van der Waals surface area contributed by atoms with Gasteiger partial charge in [-0.3, -0.25) is 9.78 Å². The van der Waals surface area contributed by atoms with Gasteiger partial charge in [0, 0.05) is 17.5 Å². The summed E-state index contributed by atoms with van der Waals surface area (Å²) < 4.78 is 0. The van der Waals surface area contributed by atoms with E-state index < -0.39 is 5.97 Å². The van der Waals surface area contributed by atoms with E-state index in [1.54, 1.807) is 11.3 Å². The number of nitrogens with zero attached hydrogens (tertiary/aromatic N) is 1. The zero-order valence-electron chi connectivity index (χ0n) is 9.97. The molecule has 0 fully saturated rings. The van der Waals surface area contributed by atoms with Crippen molar-refractivity contribution in [2.45, 2.75) is 44.9 Å². The maximum atomic E-state index is 10.3. The molecule has 3 nitrogen and oxygen atoms in total. The highest BCUT2D eigenvalue weighted by molar-refractivity contribution is 7.10. The van der Waals surface area contributed by atoms with Crippen molar-refractivity contribution in [2.75, 3.05) is 0 Å². The highest BCUT2D eigenvalue weighted by Crippen LogP contribution is 2.11. The van der Waals surface area contributed by atoms with E-state index in [0.29, 0.717) is 6.42 Å². The van der Waals surface area contributed by atoms with Gasteiger partial charge in [-0.2, -0.15) is 0 Å². The molecule has 0 unspecified atom stereocenters. The molecular weight excluding hydrogens is 234 g/mol. The van der Waals surface area contributed by atoms with Crippen LogP contribution in [-0.4, -0.2) is 16.1 Å². The molecule has 0 aliphatic heterocycles. The Bertz CT molecular complexity index is 333. The highest BCUT2D eigenvalue weighted by atomic mass is 32.1. The summed E-state index contributed by atoms with van der Waals surface area (Å²) in [5.41, 5.74) is 1.84. The quantitative estimate of drug-likeness (QED) is 0.677. The second-order valence-corrected chi connectivity index (χ2v) is 4.92. The summed E-state index contributed by atoms with van der Waals surface area (Å²) in [6.07, 6.45) is 12.9. The smallest absolute Gasteiger partial charge is 0.303 e. The first-order chi connectivity index (χ1) is 8.29. The van der Waals surface area contributed by atoms with Gasteiger partial charge in [0.15, 0.2) is 0 Å². The topological polar surface area (TPSA) is 50.2 Å². The average molecular weight is 253 g/mol. The third kappa shape index (κ3) is 7.69. The Hall–Kier alpha value is -1.16. The van der Waals surface area contributed by atoms with E-state index in [2.05, 4.69) is 17.1 Å². The van der Waals surface area contributed by atoms with Crippen LogP contribution in [0.3, 0.4) is 0 Å². The molecule has 0 radical (unpaired) electrons. The number of aliphatic carboxylic acids is 1. The second kappa shape index (κ2) is 8.93. The molecule has 0 bridgehead atoms. The summed E-state index contributed by atoms with van der Waals surface area (Å²) in [6, 6.07) is 0. The lowest BCUT2D eigenvalue weighted by Crippen LogP contribution is -1.93. The minimum Gasteiger partial charge on any atom is -0.481 e. The predicted molar refractivity (Wildman–Crippen MR) is 71.1 cm³/mol. The van der Waals surface area contributed by atoms with Gasteiger partial charge in [-0.1, -0.05) is 25.3 Å². The normalized spacial score (nSPS) is 11.1. The summed E-state index contributed by atoms with van der Waals surface area (Å²) in [5, 5.41) is 8.46. The van der Waals surface area contributed by atoms with Crippen LogP contribution >= 0.6 is 11.3 Å². The van der Waals surface area contributed by atoms with Gasteiger partial charge in [0.1, 0.15) is 0 Å². The minimum atomic E-state index is -0.683. The third-order valence-electron chi connectivity index (χ3n) is 2.49. The molecule has 4 heteroatoms. The molecule has 1 aromatic heterocycles. The number of carboxylic acids is 1. The van der Waals surface area contributed by atoms with E-state index in [4.69, 9.17) is 5.11 Å². The number of rotatable bonds is 9. The van der Waals surface area contributed by atoms with Gasteiger partial charge in [0.05, 0.1) is 5.51 Å². The molecule has 0 saturated carbocycles. The van der Waals surface area contributed by atoms with Crippen molar-refractivity contribution in [2.24, 2.45) is 0 Å². The summed E-state index contributed by atoms with van der Waals surface area (Å²) in [4.78, 5) is 15.5. The van der Waals surface area contributed by atoms with Crippen molar-refractivity contribution >= 4 is 23.4 Å². The van der Waals surface area contributed by atoms with Crippen LogP contribution in [-0.2, 0) is 4.79 Å². The number of unbranched alkanes of at least 4 members (excludes halogenated alkanes) is 5. The number of hydrogen-bond acceptors (Lipinski definition) is 3. The fraction of sp³-hybridized carbons (Fsp3) is 0.538. The SMILES string of the molecule is O=C(O)CCCCCCCC=Cc1cncs1. The lowest BCUT2D eigenvalue weighted by atomic mass is 10.1. The predicted octanol–water partition coefficient (Wildman–Crippen LogP) is 3.97. The number of carboxylic acid groups (broad SMARTS) is 1. The molecule has 17 heavy (non-hydrogen) atoms. The van der Waals surface area contributed by atoms with Crippen LogP contribution in [0.25, 0.3) is 6.08 Å². The molecular formula is C13H19NO2S. The van der Waals surface area contributed by atoms with Gasteiger partial charge in [-0.25, -0.2) is 0 Å². The van der Waals surface area contributed by atoms with E-state index in [-0.39, 0.29) is 0 Å². The lowest BCUT2D eigenvalue weighted by Gasteiger charge is -1.97. The van der Waals surface area contributed by atoms with Crippen LogP contribution in [0, 0.1) is 0 Å². The molecule has 0 aliphatic rings. The van der Waals surface area contributed by atoms with Crippen LogP contribution in [0.1, 0.15) is 49.8 Å². The van der Waals surface area contributed by atoms with Gasteiger partial charge in [0.25, 0.3) is 0 Å². The number of carbonyl (C=O) groups is 1. The Morgan fingerprint density at radius 3 is 2.76 bits per heavy atom. The van der Waals surface area contributed by atoms with Gasteiger partial charge < -0.3 is 5.11 Å². The molecule has 1 rings (SSSR count). The maximum absolute atomic E-state index is 10.3. The Balaban J connectivity index is 1.89. The molecule has 1 heterocycles. The molecule has 1 N–H and O–H groups in total. The van der Waals surface area contributed by atoms with E-state index >= 15 is 0 Å². The number of thiazole rings is 1. The summed E-state index contributed by atoms with van der Waals surface area (Å²) in [6.45, 7) is 0. The fourth-order valence-electron chi connectivity index (χ4n) is 1.58. The van der Waals surface area contributed by atoms with Gasteiger partial charge in [-0.05, 0) is 25.3 Å². The fourth-order valence-corrected chi connectivity index (χ4v) is 2.12. The lowest BCUT2D eigenvalue weighted by molar-refractivity contribution is -0.137. The minimum absolute atomic E-state index is 0.311. The highest BCUT2D eigenvalue weighted by Gasteiger charge is 1.95. The molecule has 1 aromatic rings. The zero-order valence-corrected chi connectivity index (χ0v) is 10.8. The average Bonchev–Trinajstić information content (AvgIpc) is 2.79. The van der Waals surface area contributed by atoms with E-state index in [9.17, 15) is 4.79 Å². The molecule has 0 atom stereocenters. The van der Waals surface area contributed by atoms with Crippen molar-refractivity contribution in [3.63, 3.8) is 0 Å². The van der Waals surface area contributed by atoms with Crippen LogP contribution < -0.4 is 0 Å². The van der Waals surface area contributed by atoms with Crippen molar-refractivity contribution < 1.29 is 9.90 Å². The molecule has 0 saturated heterocycles. The Morgan fingerprint density at radius 2 is 2.06 bits per heavy atom. The maximum Gasteiger partial charge on any atom is 0.303 e. The zero-order chi connectivity index (χ0) is 12.3. The number of hydrogen-bond donors (Lipinski definition) is 1. The van der Waals surface area contributed by atoms with Crippen molar-refractivity contribution in [1.29, 1.82) is 0 Å². The van der Waals surface area contributed by atoms with Crippen molar-refractivity contribution in [3.05, 3.63) is 22.7 Å². The first-order valence-electron chi connectivity index (χ1n) is 6.06. The molecule has 94 valence electrons. The van der Waals surface area contributed by atoms with Gasteiger partial charge >= 0.3 is 5.97 Å². The standard InChI is InChI=1S/C13H19NO2S/c15-13(16)9-7-5-3-1-2-4-6-8-12-10-14-11-17-12/h6,8,10-11H,1-5,7,9H2,(H,15,16). The van der Waals surface area contributed by atoms with Crippen LogP contribution in [0.15, 0.2) is 17.8 Å². The monoisotopic (exact) mass is 253 g/mol. The second-order valence-electron chi connectivity index (χ2n) is 4.01. The number of allylic oxidation sites excluding steroid dienone is 1. The first-order valence-corrected chi connectivity index (χ1v) is 6.94. The van der Waals surface area contributed by atoms with Crippen LogP contribution in [0.5, 0.6) is 0 Å². The van der Waals surface area contributed by atoms with E-state index in [0.717, 1.165) is 25.7 Å². The van der Waals surface area contributed by atoms with Crippen molar-refractivity contribution in [3.8, 4) is 0 Å². The molecule has 0 aromatic carbocycles. The van der Waals surface area contributed by atoms with E-state index in [1.807, 2.05) is 11.7 Å². The summed E-state index contributed by atoms with van der Waals surface area (Å²) >= 11 is 1.65. The van der Waals surface area contributed by atoms with Crippen LogP contribution in [0.2, 0.25) is 0 Å². The van der Waals surface area contributed by atoms with Gasteiger partial charge in [-0.15, -0.1) is 11.3 Å². The summed E-state index contributed by atoms with van der Waals surface area (Å²) in [5.74, 6) is -0.683. The molecule has 0 spiro atoms. The summed E-state index contributed by atoms with van der Waals surface area (Å²) in [7, 11) is 0. The molecule has 0 amide bonds. The number of aromatic nitrogens is 1. The van der Waals surface area contributed by atoms with Crippen LogP contribution in [0.4, 0.5) is 0 Å². The largest absolute Gasteiger partial charge is 0.481 e. The Labute approximate surface area is 106 Å². The molecule has 0 aliphatic carbocycles. The van der Waals surface area contributed by atoms with Crippen molar-refractivity contribution in [1.82, 2.24) is 4.98 Å². The Kier molecular flexibility index (Phi) is 7.30. The van der Waals surface area contributed by atoms with Gasteiger partial charge in [0.2, 0.25) is 0 Å². The van der Waals surface area contributed by atoms with E-state index in [1.165, 1.54) is 17.7 Å². The first kappa shape index (κ1) is 13.9.